The van der Waals surface area contributed by atoms with Gasteiger partial charge in [0.15, 0.2) is 0 Å². The van der Waals surface area contributed by atoms with Crippen molar-refractivity contribution < 1.29 is 0 Å². The molecule has 15 heavy (non-hydrogen) atoms. The van der Waals surface area contributed by atoms with E-state index in [-0.39, 0.29) is 0 Å². The molecule has 92 valence electrons. The van der Waals surface area contributed by atoms with Crippen molar-refractivity contribution in [2.75, 3.05) is 6.54 Å². The Morgan fingerprint density at radius 1 is 1.13 bits per heavy atom. The monoisotopic (exact) mass is 213 g/mol. The van der Waals surface area contributed by atoms with Crippen LogP contribution in [0.2, 0.25) is 0 Å². The maximum absolute atomic E-state index is 2.71. The minimum Gasteiger partial charge on any atom is -0.298 e. The summed E-state index contributed by atoms with van der Waals surface area (Å²) in [5.41, 5.74) is 0. The highest BCUT2D eigenvalue weighted by molar-refractivity contribution is 4.81. The number of piperidine rings is 1. The Balaban J connectivity index is 0.000000921. The second kappa shape index (κ2) is 9.21. The molecule has 0 aliphatic carbocycles. The zero-order valence-corrected chi connectivity index (χ0v) is 11.6. The van der Waals surface area contributed by atoms with E-state index in [9.17, 15) is 0 Å². The molecule has 1 nitrogen and oxygen atoms in total. The molecule has 0 aromatic rings. The van der Waals surface area contributed by atoms with E-state index in [1.54, 1.807) is 0 Å². The molecule has 1 aliphatic rings. The van der Waals surface area contributed by atoms with Gasteiger partial charge in [-0.05, 0) is 32.7 Å². The normalized spacial score (nSPS) is 27.0. The minimum atomic E-state index is 0.834. The summed E-state index contributed by atoms with van der Waals surface area (Å²) in [6.45, 7) is 12.2. The molecule has 1 heteroatoms. The van der Waals surface area contributed by atoms with E-state index in [2.05, 4.69) is 25.7 Å². The average Bonchev–Trinajstić information content (AvgIpc) is 2.29. The highest BCUT2D eigenvalue weighted by atomic mass is 15.2. The summed E-state index contributed by atoms with van der Waals surface area (Å²) >= 11 is 0. The number of nitrogens with zero attached hydrogens (tertiary/aromatic N) is 1. The summed E-state index contributed by atoms with van der Waals surface area (Å²) in [7, 11) is 0. The third kappa shape index (κ3) is 5.01. The predicted octanol–water partition coefficient (Wildman–Crippen LogP) is 4.47. The van der Waals surface area contributed by atoms with Gasteiger partial charge in [-0.15, -0.1) is 0 Å². The van der Waals surface area contributed by atoms with Crippen LogP contribution >= 0.6 is 0 Å². The van der Waals surface area contributed by atoms with Crippen LogP contribution in [0.4, 0.5) is 0 Å². The lowest BCUT2D eigenvalue weighted by molar-refractivity contribution is 0.0922. The molecule has 2 unspecified atom stereocenters. The van der Waals surface area contributed by atoms with Crippen LogP contribution in [0.3, 0.4) is 0 Å². The van der Waals surface area contributed by atoms with Crippen molar-refractivity contribution >= 4 is 0 Å². The molecule has 2 atom stereocenters. The Hall–Kier alpha value is -0.0400. The fourth-order valence-corrected chi connectivity index (χ4v) is 2.66. The van der Waals surface area contributed by atoms with Crippen molar-refractivity contribution in [3.05, 3.63) is 0 Å². The van der Waals surface area contributed by atoms with E-state index in [1.807, 2.05) is 13.8 Å². The van der Waals surface area contributed by atoms with Crippen LogP contribution in [-0.2, 0) is 0 Å². The van der Waals surface area contributed by atoms with Gasteiger partial charge >= 0.3 is 0 Å². The van der Waals surface area contributed by atoms with Crippen LogP contribution in [-0.4, -0.2) is 23.5 Å². The third-order valence-corrected chi connectivity index (χ3v) is 3.45. The highest BCUT2D eigenvalue weighted by Crippen LogP contribution is 2.25. The van der Waals surface area contributed by atoms with Gasteiger partial charge < -0.3 is 0 Å². The van der Waals surface area contributed by atoms with Gasteiger partial charge in [0.2, 0.25) is 0 Å². The zero-order valence-electron chi connectivity index (χ0n) is 11.6. The van der Waals surface area contributed by atoms with Crippen LogP contribution in [0.5, 0.6) is 0 Å². The van der Waals surface area contributed by atoms with E-state index in [1.165, 1.54) is 45.1 Å². The molecule has 0 bridgehead atoms. The van der Waals surface area contributed by atoms with E-state index in [0.717, 1.165) is 12.1 Å². The summed E-state index contributed by atoms with van der Waals surface area (Å²) in [6.07, 6.45) is 8.49. The molecule has 0 aromatic carbocycles. The summed E-state index contributed by atoms with van der Waals surface area (Å²) in [5, 5.41) is 0. The molecule has 0 N–H and O–H groups in total. The van der Waals surface area contributed by atoms with Crippen LogP contribution in [0, 0.1) is 0 Å². The number of hydrogen-bond acceptors (Lipinski definition) is 1. The summed E-state index contributed by atoms with van der Waals surface area (Å²) in [6, 6.07) is 1.73. The first kappa shape index (κ1) is 15.0. The highest BCUT2D eigenvalue weighted by Gasteiger charge is 2.25. The van der Waals surface area contributed by atoms with Gasteiger partial charge in [0.1, 0.15) is 0 Å². The molecule has 1 saturated heterocycles. The summed E-state index contributed by atoms with van der Waals surface area (Å²) < 4.78 is 0. The first-order chi connectivity index (χ1) is 7.29. The Bertz CT molecular complexity index is 133. The minimum absolute atomic E-state index is 0.834. The van der Waals surface area contributed by atoms with Gasteiger partial charge in [0, 0.05) is 12.1 Å². The summed E-state index contributed by atoms with van der Waals surface area (Å²) in [4.78, 5) is 2.71. The third-order valence-electron chi connectivity index (χ3n) is 3.45. The Morgan fingerprint density at radius 3 is 2.33 bits per heavy atom. The quantitative estimate of drug-likeness (QED) is 0.666. The molecule has 0 spiro atoms. The first-order valence-electron chi connectivity index (χ1n) is 7.05. The predicted molar refractivity (Wildman–Crippen MR) is 70.4 cm³/mol. The largest absolute Gasteiger partial charge is 0.298 e. The molecule has 0 saturated carbocycles. The molecule has 1 fully saturated rings. The van der Waals surface area contributed by atoms with Crippen molar-refractivity contribution in [3.8, 4) is 0 Å². The molecule has 0 radical (unpaired) electrons. The molecular weight excluding hydrogens is 182 g/mol. The van der Waals surface area contributed by atoms with E-state index < -0.39 is 0 Å². The van der Waals surface area contributed by atoms with E-state index in [0.29, 0.717) is 0 Å². The fraction of sp³-hybridized carbons (Fsp3) is 1.00. The lowest BCUT2D eigenvalue weighted by Gasteiger charge is -2.40. The molecule has 1 aliphatic heterocycles. The molecule has 1 heterocycles. The van der Waals surface area contributed by atoms with Gasteiger partial charge in [-0.2, -0.15) is 0 Å². The lowest BCUT2D eigenvalue weighted by Crippen LogP contribution is -2.44. The molecule has 0 amide bonds. The van der Waals surface area contributed by atoms with Crippen molar-refractivity contribution in [2.45, 2.75) is 85.2 Å². The average molecular weight is 213 g/mol. The number of unbranched alkanes of at least 4 members (excludes halogenated alkanes) is 1. The van der Waals surface area contributed by atoms with E-state index in [4.69, 9.17) is 0 Å². The Labute approximate surface area is 97.2 Å². The zero-order chi connectivity index (χ0) is 11.7. The Kier molecular flexibility index (Phi) is 9.18. The molecule has 1 rings (SSSR count). The van der Waals surface area contributed by atoms with Crippen molar-refractivity contribution in [3.63, 3.8) is 0 Å². The fourth-order valence-electron chi connectivity index (χ4n) is 2.66. The van der Waals surface area contributed by atoms with Crippen molar-refractivity contribution in [2.24, 2.45) is 0 Å². The lowest BCUT2D eigenvalue weighted by atomic mass is 9.93. The number of likely N-dealkylation sites (tertiary alicyclic amines) is 1. The number of rotatable bonds is 4. The van der Waals surface area contributed by atoms with Gasteiger partial charge in [-0.1, -0.05) is 47.0 Å². The van der Waals surface area contributed by atoms with Gasteiger partial charge in [-0.25, -0.2) is 0 Å². The second-order valence-electron chi connectivity index (χ2n) is 4.41. The van der Waals surface area contributed by atoms with Crippen LogP contribution < -0.4 is 0 Å². The number of hydrogen-bond donors (Lipinski definition) is 0. The maximum Gasteiger partial charge on any atom is 0.00979 e. The molecule has 0 aromatic heterocycles. The topological polar surface area (TPSA) is 3.24 Å². The van der Waals surface area contributed by atoms with Crippen molar-refractivity contribution in [1.82, 2.24) is 4.90 Å². The van der Waals surface area contributed by atoms with Crippen LogP contribution in [0.25, 0.3) is 0 Å². The van der Waals surface area contributed by atoms with Gasteiger partial charge in [-0.3, -0.25) is 4.90 Å². The van der Waals surface area contributed by atoms with Gasteiger partial charge in [0.05, 0.1) is 0 Å². The Morgan fingerprint density at radius 2 is 1.80 bits per heavy atom. The van der Waals surface area contributed by atoms with Crippen molar-refractivity contribution in [1.29, 1.82) is 0 Å². The smallest absolute Gasteiger partial charge is 0.00979 e. The molecular formula is C14H31N. The van der Waals surface area contributed by atoms with Gasteiger partial charge in [0.25, 0.3) is 0 Å². The van der Waals surface area contributed by atoms with Crippen LogP contribution in [0.1, 0.15) is 73.1 Å². The standard InChI is InChI=1S/C12H25N.C2H6/c1-4-6-9-12-10-7-8-11(3)13(12)5-2;1-2/h11-12H,4-10H2,1-3H3;1-2H3. The SMILES string of the molecule is CC.CCCCC1CCCC(C)N1CC. The maximum atomic E-state index is 2.71. The van der Waals surface area contributed by atoms with E-state index >= 15 is 0 Å². The van der Waals surface area contributed by atoms with Crippen LogP contribution in [0.15, 0.2) is 0 Å². The second-order valence-corrected chi connectivity index (χ2v) is 4.41. The summed E-state index contributed by atoms with van der Waals surface area (Å²) in [5.74, 6) is 0. The first-order valence-corrected chi connectivity index (χ1v) is 7.05.